The summed E-state index contributed by atoms with van der Waals surface area (Å²) in [6.07, 6.45) is 15.0. The molecular formula is C33H44F2. The predicted molar refractivity (Wildman–Crippen MR) is 142 cm³/mol. The highest BCUT2D eigenvalue weighted by molar-refractivity contribution is 5.32. The van der Waals surface area contributed by atoms with E-state index >= 15 is 8.78 Å². The number of benzene rings is 2. The summed E-state index contributed by atoms with van der Waals surface area (Å²) in [5.74, 6) is 3.27. The SMILES string of the molecule is CCC1CCC(c2ccc(C3CCC(c4ccc(C5CCC(C)CC5)c(F)c4)CC3)c(F)c2)CC1. The molecule has 5 rings (SSSR count). The van der Waals surface area contributed by atoms with Crippen molar-refractivity contribution >= 4 is 0 Å². The second kappa shape index (κ2) is 11.1. The van der Waals surface area contributed by atoms with Crippen LogP contribution in [-0.4, -0.2) is 0 Å². The molecule has 0 radical (unpaired) electrons. The van der Waals surface area contributed by atoms with E-state index in [1.54, 1.807) is 0 Å². The van der Waals surface area contributed by atoms with Gasteiger partial charge in [0.25, 0.3) is 0 Å². The fourth-order valence-corrected chi connectivity index (χ4v) is 7.47. The molecule has 0 nitrogen and oxygen atoms in total. The summed E-state index contributed by atoms with van der Waals surface area (Å²) in [5.41, 5.74) is 4.19. The van der Waals surface area contributed by atoms with Crippen LogP contribution in [0.4, 0.5) is 8.78 Å². The van der Waals surface area contributed by atoms with Gasteiger partial charge in [0.1, 0.15) is 11.6 Å². The summed E-state index contributed by atoms with van der Waals surface area (Å²) in [7, 11) is 0. The van der Waals surface area contributed by atoms with Gasteiger partial charge in [0.2, 0.25) is 0 Å². The van der Waals surface area contributed by atoms with Gasteiger partial charge in [-0.1, -0.05) is 57.4 Å². The average Bonchev–Trinajstić information content (AvgIpc) is 2.89. The molecule has 0 spiro atoms. The second-order valence-corrected chi connectivity index (χ2v) is 12.2. The number of hydrogen-bond acceptors (Lipinski definition) is 0. The van der Waals surface area contributed by atoms with Crippen molar-refractivity contribution in [1.82, 2.24) is 0 Å². The van der Waals surface area contributed by atoms with Crippen molar-refractivity contribution in [2.24, 2.45) is 11.8 Å². The van der Waals surface area contributed by atoms with Crippen molar-refractivity contribution in [3.63, 3.8) is 0 Å². The summed E-state index contributed by atoms with van der Waals surface area (Å²) in [4.78, 5) is 0. The van der Waals surface area contributed by atoms with E-state index in [9.17, 15) is 0 Å². The van der Waals surface area contributed by atoms with Gasteiger partial charge in [0, 0.05) is 0 Å². The first-order chi connectivity index (χ1) is 17.0. The molecule has 190 valence electrons. The van der Waals surface area contributed by atoms with Crippen molar-refractivity contribution in [2.75, 3.05) is 0 Å². The molecule has 3 fully saturated rings. The lowest BCUT2D eigenvalue weighted by Crippen LogP contribution is -2.15. The Morgan fingerprint density at radius 3 is 1.40 bits per heavy atom. The maximum absolute atomic E-state index is 15.2. The maximum Gasteiger partial charge on any atom is 0.126 e. The molecule has 35 heavy (non-hydrogen) atoms. The van der Waals surface area contributed by atoms with Crippen LogP contribution >= 0.6 is 0 Å². The first-order valence-corrected chi connectivity index (χ1v) is 14.6. The Hall–Kier alpha value is -1.70. The molecule has 3 saturated carbocycles. The first-order valence-electron chi connectivity index (χ1n) is 14.6. The molecule has 0 aromatic heterocycles. The lowest BCUT2D eigenvalue weighted by Gasteiger charge is -2.31. The molecule has 2 heteroatoms. The zero-order valence-electron chi connectivity index (χ0n) is 21.9. The van der Waals surface area contributed by atoms with Crippen LogP contribution in [0.5, 0.6) is 0 Å². The van der Waals surface area contributed by atoms with Crippen LogP contribution in [0.3, 0.4) is 0 Å². The fourth-order valence-electron chi connectivity index (χ4n) is 7.47. The molecule has 0 bridgehead atoms. The highest BCUT2D eigenvalue weighted by atomic mass is 19.1. The van der Waals surface area contributed by atoms with Gasteiger partial charge in [-0.2, -0.15) is 0 Å². The molecule has 0 aliphatic heterocycles. The van der Waals surface area contributed by atoms with Crippen molar-refractivity contribution < 1.29 is 8.78 Å². The van der Waals surface area contributed by atoms with Crippen LogP contribution < -0.4 is 0 Å². The van der Waals surface area contributed by atoms with Crippen LogP contribution in [-0.2, 0) is 0 Å². The normalized spacial score (nSPS) is 31.9. The third-order valence-corrected chi connectivity index (χ3v) is 10.0. The molecule has 0 heterocycles. The van der Waals surface area contributed by atoms with E-state index in [1.165, 1.54) is 50.5 Å². The molecule has 0 amide bonds. The van der Waals surface area contributed by atoms with Crippen LogP contribution in [0.1, 0.15) is 143 Å². The summed E-state index contributed by atoms with van der Waals surface area (Å²) < 4.78 is 30.3. The monoisotopic (exact) mass is 478 g/mol. The van der Waals surface area contributed by atoms with Gasteiger partial charge >= 0.3 is 0 Å². The zero-order chi connectivity index (χ0) is 24.4. The lowest BCUT2D eigenvalue weighted by atomic mass is 9.74. The first kappa shape index (κ1) is 25.0. The third kappa shape index (κ3) is 5.67. The van der Waals surface area contributed by atoms with E-state index in [-0.39, 0.29) is 11.6 Å². The predicted octanol–water partition coefficient (Wildman–Crippen LogP) is 10.4. The van der Waals surface area contributed by atoms with Crippen molar-refractivity contribution in [1.29, 1.82) is 0 Å². The van der Waals surface area contributed by atoms with Crippen LogP contribution in [0.2, 0.25) is 0 Å². The van der Waals surface area contributed by atoms with E-state index in [1.807, 2.05) is 12.1 Å². The standard InChI is InChI=1S/C33H44F2/c1-3-23-6-10-24(11-7-23)28-16-19-31(33(35)20-28)27-14-12-25(13-15-27)29-17-18-30(32(34)21-29)26-8-4-22(2)5-9-26/h16-27H,3-15H2,1-2H3. The van der Waals surface area contributed by atoms with Crippen LogP contribution in [0, 0.1) is 23.5 Å². The van der Waals surface area contributed by atoms with Gasteiger partial charge in [0.05, 0.1) is 0 Å². The minimum atomic E-state index is -0.00113. The van der Waals surface area contributed by atoms with Gasteiger partial charge in [-0.25, -0.2) is 8.78 Å². The Kier molecular flexibility index (Phi) is 7.95. The Balaban J connectivity index is 1.18. The number of halogens is 2. The van der Waals surface area contributed by atoms with E-state index in [4.69, 9.17) is 0 Å². The van der Waals surface area contributed by atoms with Crippen molar-refractivity contribution in [2.45, 2.75) is 121 Å². The van der Waals surface area contributed by atoms with Crippen molar-refractivity contribution in [3.8, 4) is 0 Å². The molecule has 0 saturated heterocycles. The van der Waals surface area contributed by atoms with Crippen molar-refractivity contribution in [3.05, 3.63) is 70.3 Å². The van der Waals surface area contributed by atoms with Gasteiger partial charge in [-0.05, 0) is 134 Å². The quantitative estimate of drug-likeness (QED) is 0.401. The maximum atomic E-state index is 15.2. The molecule has 3 aliphatic carbocycles. The van der Waals surface area contributed by atoms with Gasteiger partial charge < -0.3 is 0 Å². The average molecular weight is 479 g/mol. The Morgan fingerprint density at radius 1 is 0.571 bits per heavy atom. The molecule has 3 aliphatic rings. The van der Waals surface area contributed by atoms with Gasteiger partial charge in [-0.3, -0.25) is 0 Å². The molecule has 0 N–H and O–H groups in total. The summed E-state index contributed by atoms with van der Waals surface area (Å²) in [6, 6.07) is 12.2. The molecule has 0 unspecified atom stereocenters. The molecule has 2 aromatic rings. The van der Waals surface area contributed by atoms with Crippen LogP contribution in [0.25, 0.3) is 0 Å². The lowest BCUT2D eigenvalue weighted by molar-refractivity contribution is 0.318. The fraction of sp³-hybridized carbons (Fsp3) is 0.636. The minimum Gasteiger partial charge on any atom is -0.207 e. The zero-order valence-corrected chi connectivity index (χ0v) is 21.9. The number of hydrogen-bond donors (Lipinski definition) is 0. The van der Waals surface area contributed by atoms with Gasteiger partial charge in [-0.15, -0.1) is 0 Å². The second-order valence-electron chi connectivity index (χ2n) is 12.2. The molecule has 0 atom stereocenters. The van der Waals surface area contributed by atoms with E-state index in [0.29, 0.717) is 23.7 Å². The van der Waals surface area contributed by atoms with E-state index < -0.39 is 0 Å². The van der Waals surface area contributed by atoms with E-state index in [2.05, 4.69) is 38.1 Å². The highest BCUT2D eigenvalue weighted by Crippen LogP contribution is 2.44. The van der Waals surface area contributed by atoms with Gasteiger partial charge in [0.15, 0.2) is 0 Å². The Bertz CT molecular complexity index is 971. The number of rotatable bonds is 5. The largest absolute Gasteiger partial charge is 0.207 e. The minimum absolute atomic E-state index is 0.000706. The van der Waals surface area contributed by atoms with Crippen LogP contribution in [0.15, 0.2) is 36.4 Å². The smallest absolute Gasteiger partial charge is 0.126 e. The Morgan fingerprint density at radius 2 is 0.971 bits per heavy atom. The summed E-state index contributed by atoms with van der Waals surface area (Å²) in [5, 5.41) is 0. The Labute approximate surface area is 211 Å². The third-order valence-electron chi connectivity index (χ3n) is 10.0. The van der Waals surface area contributed by atoms with E-state index in [0.717, 1.165) is 67.1 Å². The molecule has 2 aromatic carbocycles. The molecular weight excluding hydrogens is 434 g/mol. The summed E-state index contributed by atoms with van der Waals surface area (Å²) in [6.45, 7) is 4.60. The highest BCUT2D eigenvalue weighted by Gasteiger charge is 2.28. The summed E-state index contributed by atoms with van der Waals surface area (Å²) >= 11 is 0. The topological polar surface area (TPSA) is 0 Å².